The molecule has 0 radical (unpaired) electrons. The van der Waals surface area contributed by atoms with Crippen LogP contribution >= 0.6 is 46.6 Å². The number of nitrogen functional groups attached to an aromatic ring is 1. The third-order valence-corrected chi connectivity index (χ3v) is 6.71. The van der Waals surface area contributed by atoms with Gasteiger partial charge in [-0.2, -0.15) is 0 Å². The van der Waals surface area contributed by atoms with Crippen molar-refractivity contribution in [1.82, 2.24) is 9.55 Å². The van der Waals surface area contributed by atoms with Gasteiger partial charge < -0.3 is 19.8 Å². The highest BCUT2D eigenvalue weighted by Crippen LogP contribution is 2.42. The molecule has 0 saturated carbocycles. The second-order valence-electron chi connectivity index (χ2n) is 6.66. The molecule has 2 N–H and O–H groups in total. The van der Waals surface area contributed by atoms with Crippen LogP contribution in [0.2, 0.25) is 15.1 Å². The van der Waals surface area contributed by atoms with Crippen molar-refractivity contribution in [2.24, 2.45) is 0 Å². The molecular weight excluding hydrogens is 453 g/mol. The van der Waals surface area contributed by atoms with Crippen molar-refractivity contribution in [2.45, 2.75) is 23.3 Å². The van der Waals surface area contributed by atoms with E-state index in [2.05, 4.69) is 4.98 Å². The first kappa shape index (κ1) is 20.8. The second kappa shape index (κ2) is 8.76. The molecule has 0 amide bonds. The molecule has 1 aliphatic heterocycles. The summed E-state index contributed by atoms with van der Waals surface area (Å²) in [5, 5.41) is 1.67. The van der Waals surface area contributed by atoms with E-state index >= 15 is 0 Å². The van der Waals surface area contributed by atoms with E-state index in [0.717, 1.165) is 10.5 Å². The molecule has 9 heteroatoms. The number of benzene rings is 2. The SMILES string of the molecule is Nc1ccc(SC[C@@H]2CO[C@@](Cn3ccnc3)(c3ccc(Cl)cc3Cl)O2)c(Cl)c1. The largest absolute Gasteiger partial charge is 0.399 e. The maximum Gasteiger partial charge on any atom is 0.215 e. The van der Waals surface area contributed by atoms with Crippen LogP contribution in [0.15, 0.2) is 60.0 Å². The predicted molar refractivity (Wildman–Crippen MR) is 118 cm³/mol. The van der Waals surface area contributed by atoms with Gasteiger partial charge in [0.05, 0.1) is 35.6 Å². The zero-order valence-corrected chi connectivity index (χ0v) is 18.3. The molecule has 0 bridgehead atoms. The van der Waals surface area contributed by atoms with Crippen molar-refractivity contribution >= 4 is 52.3 Å². The summed E-state index contributed by atoms with van der Waals surface area (Å²) >= 11 is 20.5. The Morgan fingerprint density at radius 2 is 2.03 bits per heavy atom. The third-order valence-electron chi connectivity index (χ3n) is 4.53. The number of thioether (sulfide) groups is 1. The highest BCUT2D eigenvalue weighted by molar-refractivity contribution is 7.99. The monoisotopic (exact) mass is 469 g/mol. The molecular formula is C20H18Cl3N3O2S. The molecule has 1 saturated heterocycles. The van der Waals surface area contributed by atoms with Gasteiger partial charge in [-0.1, -0.05) is 40.9 Å². The number of aromatic nitrogens is 2. The number of hydrogen-bond donors (Lipinski definition) is 1. The Hall–Kier alpha value is -1.41. The summed E-state index contributed by atoms with van der Waals surface area (Å²) in [6, 6.07) is 10.8. The van der Waals surface area contributed by atoms with Crippen molar-refractivity contribution in [1.29, 1.82) is 0 Å². The topological polar surface area (TPSA) is 62.3 Å². The van der Waals surface area contributed by atoms with Gasteiger partial charge in [-0.25, -0.2) is 4.98 Å². The van der Waals surface area contributed by atoms with Gasteiger partial charge in [-0.05, 0) is 30.3 Å². The molecule has 0 unspecified atom stereocenters. The minimum Gasteiger partial charge on any atom is -0.399 e. The molecule has 2 atom stereocenters. The maximum absolute atomic E-state index is 6.49. The molecule has 0 aliphatic carbocycles. The van der Waals surface area contributed by atoms with E-state index in [-0.39, 0.29) is 6.10 Å². The molecule has 5 nitrogen and oxygen atoms in total. The number of halogens is 3. The van der Waals surface area contributed by atoms with E-state index in [1.54, 1.807) is 42.5 Å². The first-order chi connectivity index (χ1) is 13.9. The molecule has 3 aromatic rings. The van der Waals surface area contributed by atoms with Crippen LogP contribution in [0.4, 0.5) is 5.69 Å². The molecule has 1 aromatic heterocycles. The van der Waals surface area contributed by atoms with Crippen LogP contribution in [0, 0.1) is 0 Å². The highest BCUT2D eigenvalue weighted by Gasteiger charge is 2.45. The minimum atomic E-state index is -1.03. The number of nitrogens with two attached hydrogens (primary N) is 1. The van der Waals surface area contributed by atoms with Crippen LogP contribution in [-0.4, -0.2) is 28.0 Å². The van der Waals surface area contributed by atoms with E-state index in [9.17, 15) is 0 Å². The molecule has 1 fully saturated rings. The molecule has 2 aromatic carbocycles. The number of rotatable bonds is 6. The standard InChI is InChI=1S/C20H18Cl3N3O2S/c21-13-1-3-16(17(22)7-13)20(11-26-6-5-25-12-26)27-9-15(28-20)10-29-19-4-2-14(24)8-18(19)23/h1-8,12,15H,9-11,24H2/t15-,20+/m0/s1. The number of ether oxygens (including phenoxy) is 2. The van der Waals surface area contributed by atoms with Crippen LogP contribution in [-0.2, 0) is 21.8 Å². The summed E-state index contributed by atoms with van der Waals surface area (Å²) in [4.78, 5) is 5.05. The van der Waals surface area contributed by atoms with E-state index in [4.69, 9.17) is 50.0 Å². The molecule has 2 heterocycles. The Morgan fingerprint density at radius 3 is 2.76 bits per heavy atom. The van der Waals surface area contributed by atoms with E-state index in [1.165, 1.54) is 0 Å². The van der Waals surface area contributed by atoms with Crippen LogP contribution in [0.5, 0.6) is 0 Å². The fourth-order valence-electron chi connectivity index (χ4n) is 3.19. The Morgan fingerprint density at radius 1 is 1.17 bits per heavy atom. The predicted octanol–water partition coefficient (Wildman–Crippen LogP) is 5.49. The van der Waals surface area contributed by atoms with Gasteiger partial charge >= 0.3 is 0 Å². The van der Waals surface area contributed by atoms with E-state index in [1.807, 2.05) is 29.0 Å². The van der Waals surface area contributed by atoms with Gasteiger partial charge in [-0.15, -0.1) is 11.8 Å². The Bertz CT molecular complexity index is 1000. The van der Waals surface area contributed by atoms with Crippen LogP contribution in [0.3, 0.4) is 0 Å². The van der Waals surface area contributed by atoms with Gasteiger partial charge in [0.2, 0.25) is 5.79 Å². The molecule has 152 valence electrons. The van der Waals surface area contributed by atoms with Crippen molar-refractivity contribution in [2.75, 3.05) is 18.1 Å². The molecule has 4 rings (SSSR count). The third kappa shape index (κ3) is 4.68. The summed E-state index contributed by atoms with van der Waals surface area (Å²) < 4.78 is 14.5. The van der Waals surface area contributed by atoms with Crippen LogP contribution in [0.25, 0.3) is 0 Å². The van der Waals surface area contributed by atoms with Crippen molar-refractivity contribution in [3.8, 4) is 0 Å². The molecule has 0 spiro atoms. The number of imidazole rings is 1. The summed E-state index contributed by atoms with van der Waals surface area (Å²) in [5.41, 5.74) is 7.13. The smallest absolute Gasteiger partial charge is 0.215 e. The van der Waals surface area contributed by atoms with Crippen molar-refractivity contribution in [3.05, 3.63) is 75.8 Å². The number of hydrogen-bond acceptors (Lipinski definition) is 5. The first-order valence-corrected chi connectivity index (χ1v) is 11.0. The first-order valence-electron chi connectivity index (χ1n) is 8.86. The van der Waals surface area contributed by atoms with Gasteiger partial charge in [-0.3, -0.25) is 0 Å². The maximum atomic E-state index is 6.49. The number of anilines is 1. The average Bonchev–Trinajstić information content (AvgIpc) is 3.32. The zero-order valence-electron chi connectivity index (χ0n) is 15.2. The summed E-state index contributed by atoms with van der Waals surface area (Å²) in [6.45, 7) is 0.839. The molecule has 1 aliphatic rings. The fourth-order valence-corrected chi connectivity index (χ4v) is 4.99. The summed E-state index contributed by atoms with van der Waals surface area (Å²) in [7, 11) is 0. The van der Waals surface area contributed by atoms with Gasteiger partial charge in [0, 0.05) is 39.3 Å². The van der Waals surface area contributed by atoms with Gasteiger partial charge in [0.25, 0.3) is 0 Å². The summed E-state index contributed by atoms with van der Waals surface area (Å²) in [5.74, 6) is -0.362. The van der Waals surface area contributed by atoms with Crippen LogP contribution in [0.1, 0.15) is 5.56 Å². The Labute approximate surface area is 188 Å². The van der Waals surface area contributed by atoms with E-state index in [0.29, 0.717) is 39.7 Å². The Kier molecular flexibility index (Phi) is 6.30. The quantitative estimate of drug-likeness (QED) is 0.381. The highest BCUT2D eigenvalue weighted by atomic mass is 35.5. The Balaban J connectivity index is 1.55. The normalized spacial score (nSPS) is 21.6. The lowest BCUT2D eigenvalue weighted by molar-refractivity contribution is -0.184. The number of nitrogens with zero attached hydrogens (tertiary/aromatic N) is 2. The van der Waals surface area contributed by atoms with Crippen molar-refractivity contribution in [3.63, 3.8) is 0 Å². The van der Waals surface area contributed by atoms with E-state index < -0.39 is 5.79 Å². The minimum absolute atomic E-state index is 0.149. The fraction of sp³-hybridized carbons (Fsp3) is 0.250. The zero-order chi connectivity index (χ0) is 20.4. The van der Waals surface area contributed by atoms with Gasteiger partial charge in [0.15, 0.2) is 0 Å². The van der Waals surface area contributed by atoms with Crippen molar-refractivity contribution < 1.29 is 9.47 Å². The molecule has 29 heavy (non-hydrogen) atoms. The second-order valence-corrected chi connectivity index (χ2v) is 8.98. The lowest BCUT2D eigenvalue weighted by atomic mass is 10.1. The lowest BCUT2D eigenvalue weighted by Gasteiger charge is -2.30. The van der Waals surface area contributed by atoms with Crippen LogP contribution < -0.4 is 5.73 Å². The summed E-state index contributed by atoms with van der Waals surface area (Å²) in [6.07, 6.45) is 5.13. The lowest BCUT2D eigenvalue weighted by Crippen LogP contribution is -2.34. The average molecular weight is 471 g/mol. The van der Waals surface area contributed by atoms with Gasteiger partial charge in [0.1, 0.15) is 0 Å².